The summed E-state index contributed by atoms with van der Waals surface area (Å²) in [5.41, 5.74) is 24.8. The lowest BCUT2D eigenvalue weighted by Crippen LogP contribution is -2.30. The van der Waals surface area contributed by atoms with Crippen molar-refractivity contribution in [1.82, 2.24) is 0 Å². The number of aryl methyl sites for hydroxylation is 6. The minimum absolute atomic E-state index is 0.402. The van der Waals surface area contributed by atoms with E-state index in [4.69, 9.17) is 0 Å². The molecule has 6 fully saturated rings. The van der Waals surface area contributed by atoms with Crippen LogP contribution in [0.4, 0.5) is 0 Å². The highest BCUT2D eigenvalue weighted by molar-refractivity contribution is 5.69. The lowest BCUT2D eigenvalue weighted by Gasteiger charge is -2.43. The molecule has 15 rings (SSSR count). The fourth-order valence-electron chi connectivity index (χ4n) is 17.7. The molecule has 9 aromatic rings. The molecule has 89 heavy (non-hydrogen) atoms. The average Bonchev–Trinajstić information content (AvgIpc) is 2.06. The molecule has 3 heteroatoms. The maximum Gasteiger partial charge on any atom is 0.212 e. The quantitative estimate of drug-likeness (QED) is 0.128. The van der Waals surface area contributed by atoms with Crippen molar-refractivity contribution in [2.75, 3.05) is 0 Å². The van der Waals surface area contributed by atoms with Gasteiger partial charge in [0.15, 0.2) is 18.6 Å². The number of benzene rings is 6. The molecule has 3 atom stereocenters. The van der Waals surface area contributed by atoms with Crippen LogP contribution in [0.3, 0.4) is 0 Å². The van der Waals surface area contributed by atoms with Gasteiger partial charge < -0.3 is 0 Å². The van der Waals surface area contributed by atoms with Crippen LogP contribution in [0.15, 0.2) is 201 Å². The molecule has 6 saturated carbocycles. The average molecular weight is 1180 g/mol. The van der Waals surface area contributed by atoms with E-state index in [1.165, 1.54) is 218 Å². The zero-order valence-electron chi connectivity index (χ0n) is 55.8. The fourth-order valence-corrected chi connectivity index (χ4v) is 17.7. The van der Waals surface area contributed by atoms with Crippen molar-refractivity contribution in [3.05, 3.63) is 234 Å². The molecule has 0 N–H and O–H groups in total. The Morgan fingerprint density at radius 1 is 0.337 bits per heavy atom. The Morgan fingerprint density at radius 3 is 1.06 bits per heavy atom. The van der Waals surface area contributed by atoms with E-state index in [0.29, 0.717) is 10.8 Å². The summed E-state index contributed by atoms with van der Waals surface area (Å²) in [7, 11) is 6.43. The van der Waals surface area contributed by atoms with Crippen molar-refractivity contribution >= 4 is 0 Å². The summed E-state index contributed by atoms with van der Waals surface area (Å²) in [4.78, 5) is 0. The first kappa shape index (κ1) is 59.4. The second-order valence-electron chi connectivity index (χ2n) is 28.8. The van der Waals surface area contributed by atoms with Crippen LogP contribution in [-0.2, 0) is 21.1 Å². The molecule has 6 aromatic carbocycles. The molecule has 0 aliphatic heterocycles. The maximum atomic E-state index is 9.21. The molecule has 3 unspecified atom stereocenters. The Balaban J connectivity index is 0.000000124. The summed E-state index contributed by atoms with van der Waals surface area (Å²) in [6.07, 6.45) is 37.2. The van der Waals surface area contributed by atoms with Gasteiger partial charge in [-0.05, 0) is 244 Å². The molecule has 6 aliphatic carbocycles. The Bertz CT molecular complexity index is 3900. The molecular weight excluding hydrogens is 1070 g/mol. The van der Waals surface area contributed by atoms with E-state index in [1.54, 1.807) is 11.1 Å². The monoisotopic (exact) mass is 1180 g/mol. The molecule has 456 valence electrons. The van der Waals surface area contributed by atoms with E-state index in [9.17, 15) is 1.37 Å². The zero-order valence-corrected chi connectivity index (χ0v) is 54.8. The van der Waals surface area contributed by atoms with Gasteiger partial charge in [0.2, 0.25) is 17.1 Å². The molecular formula is C86H100N3+3. The van der Waals surface area contributed by atoms with Crippen molar-refractivity contribution in [1.29, 1.82) is 0 Å². The Morgan fingerprint density at radius 2 is 0.697 bits per heavy atom. The first-order chi connectivity index (χ1) is 43.8. The summed E-state index contributed by atoms with van der Waals surface area (Å²) in [6.45, 7) is 6.53. The number of hydrogen-bond donors (Lipinski definition) is 0. The van der Waals surface area contributed by atoms with Gasteiger partial charge in [0.1, 0.15) is 21.1 Å². The number of fused-ring (bicyclic) bond motifs is 2. The first-order valence-electron chi connectivity index (χ1n) is 35.3. The molecule has 3 heterocycles. The molecule has 0 radical (unpaired) electrons. The van der Waals surface area contributed by atoms with Gasteiger partial charge in [-0.25, -0.2) is 13.7 Å². The van der Waals surface area contributed by atoms with E-state index in [1.807, 2.05) is 0 Å². The maximum absolute atomic E-state index is 9.21. The molecule has 3 aromatic heterocycles. The van der Waals surface area contributed by atoms with E-state index in [2.05, 4.69) is 256 Å². The minimum atomic E-state index is -0.402. The predicted octanol–water partition coefficient (Wildman–Crippen LogP) is 21.6. The van der Waals surface area contributed by atoms with Crippen LogP contribution in [0.5, 0.6) is 0 Å². The minimum Gasteiger partial charge on any atom is -0.200 e. The van der Waals surface area contributed by atoms with Crippen LogP contribution in [0.1, 0.15) is 194 Å². The molecule has 2 spiro atoms. The normalized spacial score (nSPS) is 22.0. The van der Waals surface area contributed by atoms with Crippen LogP contribution in [0.25, 0.3) is 67.2 Å². The molecule has 6 aliphatic rings. The topological polar surface area (TPSA) is 11.6 Å². The second-order valence-corrected chi connectivity index (χ2v) is 28.8. The number of nitrogens with zero attached hydrogens (tertiary/aromatic N) is 3. The summed E-state index contributed by atoms with van der Waals surface area (Å²) in [6, 6.07) is 67.0. The number of hydrogen-bond acceptors (Lipinski definition) is 0. The molecule has 2 bridgehead atoms. The largest absolute Gasteiger partial charge is 0.212 e. The van der Waals surface area contributed by atoms with Gasteiger partial charge in [0, 0.05) is 53.0 Å². The number of pyridine rings is 3. The zero-order chi connectivity index (χ0) is 61.8. The van der Waals surface area contributed by atoms with Gasteiger partial charge in [-0.1, -0.05) is 172 Å². The third kappa shape index (κ3) is 13.6. The van der Waals surface area contributed by atoms with Crippen LogP contribution >= 0.6 is 0 Å². The molecule has 0 saturated heterocycles. The van der Waals surface area contributed by atoms with Crippen molar-refractivity contribution < 1.29 is 15.1 Å². The smallest absolute Gasteiger partial charge is 0.200 e. The summed E-state index contributed by atoms with van der Waals surface area (Å²) < 4.78 is 15.9. The van der Waals surface area contributed by atoms with E-state index in [0.717, 1.165) is 36.5 Å². The number of aromatic nitrogens is 3. The molecule has 3 nitrogen and oxygen atoms in total. The Kier molecular flexibility index (Phi) is 18.1. The van der Waals surface area contributed by atoms with Crippen molar-refractivity contribution in [3.63, 3.8) is 0 Å². The standard InChI is InChI=1S/2C30H36N.C26H28N/c2*1-23-8-4-5-9-28(23)29-15-14-27(22-31(29)2)25-12-10-24(11-13-25)26-16-20-30(21-17-26)18-6-3-7-19-30;1-18-5-3-4-6-24(18)26-14-13-23(17-27(26)2)20-9-11-21(12-10-20)25-16-19-7-8-22(25)15-19/h2*4-5,8-15,22,26H,3,6-7,16-21H2,1-2H3;3-6,9-14,17,19,22,25H,7-8,15-16H2,1-2H3/q3*+1/i26D;;. The SMILES string of the molecule is Cc1ccccc1-c1ccc(-c2ccc(C3CC4CCC3C4)cc2)c[n+]1C.Cc1ccccc1-c1ccc(-c2ccc(C3CCC4(CCCCC4)CC3)cc2)c[n+]1C.[2H]C1(c2ccc(-c3ccc(-c4ccccc4C)[n+](C)c3)cc2)CCC2(CCCCC2)CC1. The second kappa shape index (κ2) is 27.1. The van der Waals surface area contributed by atoms with Crippen LogP contribution < -0.4 is 13.7 Å². The van der Waals surface area contributed by atoms with Gasteiger partial charge in [-0.2, -0.15) is 0 Å². The van der Waals surface area contributed by atoms with Crippen LogP contribution in [-0.4, -0.2) is 0 Å². The summed E-state index contributed by atoms with van der Waals surface area (Å²) in [5.74, 6) is 3.14. The third-order valence-electron chi connectivity index (χ3n) is 23.2. The Labute approximate surface area is 536 Å². The first-order valence-corrected chi connectivity index (χ1v) is 34.8. The highest BCUT2D eigenvalue weighted by atomic mass is 14.9. The van der Waals surface area contributed by atoms with Crippen LogP contribution in [0, 0.1) is 43.4 Å². The van der Waals surface area contributed by atoms with Gasteiger partial charge in [0.05, 0.1) is 0 Å². The van der Waals surface area contributed by atoms with E-state index >= 15 is 0 Å². The van der Waals surface area contributed by atoms with Crippen molar-refractivity contribution in [3.8, 4) is 67.2 Å². The lowest BCUT2D eigenvalue weighted by atomic mass is 9.62. The highest BCUT2D eigenvalue weighted by Crippen LogP contribution is 2.54. The van der Waals surface area contributed by atoms with Gasteiger partial charge in [-0.15, -0.1) is 0 Å². The summed E-state index contributed by atoms with van der Waals surface area (Å²) in [5, 5.41) is 0. The number of rotatable bonds is 9. The van der Waals surface area contributed by atoms with Crippen molar-refractivity contribution in [2.45, 2.75) is 180 Å². The van der Waals surface area contributed by atoms with Gasteiger partial charge >= 0.3 is 0 Å². The van der Waals surface area contributed by atoms with E-state index < -0.39 is 5.89 Å². The lowest BCUT2D eigenvalue weighted by molar-refractivity contribution is -0.660. The third-order valence-corrected chi connectivity index (χ3v) is 23.2. The molecule has 0 amide bonds. The Hall–Kier alpha value is -7.23. The summed E-state index contributed by atoms with van der Waals surface area (Å²) >= 11 is 0. The van der Waals surface area contributed by atoms with Crippen molar-refractivity contribution in [2.24, 2.45) is 43.8 Å². The predicted molar refractivity (Wildman–Crippen MR) is 371 cm³/mol. The van der Waals surface area contributed by atoms with Crippen LogP contribution in [0.2, 0.25) is 0 Å². The fraction of sp³-hybridized carbons (Fsp3) is 0.407. The van der Waals surface area contributed by atoms with E-state index in [-0.39, 0.29) is 0 Å². The highest BCUT2D eigenvalue weighted by Gasteiger charge is 2.41. The van der Waals surface area contributed by atoms with Gasteiger partial charge in [0.25, 0.3) is 0 Å². The van der Waals surface area contributed by atoms with Gasteiger partial charge in [-0.3, -0.25) is 0 Å².